The first-order valence-corrected chi connectivity index (χ1v) is 13.9. The molecule has 1 fully saturated rings. The van der Waals surface area contributed by atoms with Gasteiger partial charge in [-0.05, 0) is 76.6 Å². The average Bonchev–Trinajstić information content (AvgIpc) is 3.22. The summed E-state index contributed by atoms with van der Waals surface area (Å²) in [4.78, 5) is 46.4. The van der Waals surface area contributed by atoms with Gasteiger partial charge in [-0.25, -0.2) is 4.98 Å². The number of hydrogen-bond donors (Lipinski definition) is 2. The van der Waals surface area contributed by atoms with Crippen molar-refractivity contribution < 1.29 is 14.3 Å². The Balaban J connectivity index is 1.64. The van der Waals surface area contributed by atoms with E-state index < -0.39 is 11.6 Å². The van der Waals surface area contributed by atoms with E-state index >= 15 is 0 Å². The second-order valence-corrected chi connectivity index (χ2v) is 11.6. The first-order valence-electron chi connectivity index (χ1n) is 13.9. The van der Waals surface area contributed by atoms with Gasteiger partial charge in [0.25, 0.3) is 5.56 Å². The van der Waals surface area contributed by atoms with Gasteiger partial charge in [-0.2, -0.15) is 0 Å². The Bertz CT molecular complexity index is 1400. The van der Waals surface area contributed by atoms with E-state index in [-0.39, 0.29) is 17.4 Å². The fourth-order valence-corrected chi connectivity index (χ4v) is 5.18. The summed E-state index contributed by atoms with van der Waals surface area (Å²) < 4.78 is 7.77. The molecule has 1 aromatic carbocycles. The number of benzene rings is 1. The monoisotopic (exact) mass is 535 g/mol. The number of carbonyl (C=O) groups is 2. The largest absolute Gasteiger partial charge is 0.459 e. The number of rotatable bonds is 8. The van der Waals surface area contributed by atoms with E-state index in [4.69, 9.17) is 9.72 Å². The standard InChI is InChI=1S/C30H41N5O4/c1-7-24(29(38)39-30(4,5)6)31-15-21-10-11-26-25(14-21)33-27(23-13-19(2)28(37)32-16-23)35(26)18-22-9-8-12-34(17-22)20(3)36/h10-11,13-14,16,22,24,31H,7-9,12,15,17-18H2,1-6H3,(H,32,37)/t22-,24?/m1/s1. The number of piperidine rings is 1. The van der Waals surface area contributed by atoms with Crippen molar-refractivity contribution in [1.82, 2.24) is 24.8 Å². The number of likely N-dealkylation sites (tertiary alicyclic amines) is 1. The molecule has 4 rings (SSSR count). The molecule has 3 aromatic rings. The number of amides is 1. The number of carbonyl (C=O) groups excluding carboxylic acids is 2. The maximum Gasteiger partial charge on any atom is 0.323 e. The topological polar surface area (TPSA) is 109 Å². The number of fused-ring (bicyclic) bond motifs is 1. The second kappa shape index (κ2) is 11.7. The molecule has 2 atom stereocenters. The van der Waals surface area contributed by atoms with E-state index in [0.717, 1.165) is 60.5 Å². The third-order valence-electron chi connectivity index (χ3n) is 7.22. The highest BCUT2D eigenvalue weighted by Crippen LogP contribution is 2.29. The first-order chi connectivity index (χ1) is 18.4. The van der Waals surface area contributed by atoms with E-state index in [1.165, 1.54) is 0 Å². The minimum absolute atomic E-state index is 0.112. The van der Waals surface area contributed by atoms with Gasteiger partial charge in [-0.15, -0.1) is 0 Å². The number of hydrogen-bond acceptors (Lipinski definition) is 6. The Morgan fingerprint density at radius 2 is 2.03 bits per heavy atom. The predicted octanol–water partition coefficient (Wildman–Crippen LogP) is 4.17. The van der Waals surface area contributed by atoms with Crippen molar-refractivity contribution >= 4 is 22.9 Å². The fourth-order valence-electron chi connectivity index (χ4n) is 5.18. The summed E-state index contributed by atoms with van der Waals surface area (Å²) in [5.74, 6) is 0.955. The molecule has 3 heterocycles. The molecule has 1 aliphatic rings. The molecular formula is C30H41N5O4. The maximum absolute atomic E-state index is 12.6. The lowest BCUT2D eigenvalue weighted by Gasteiger charge is -2.32. The Morgan fingerprint density at radius 1 is 1.26 bits per heavy atom. The average molecular weight is 536 g/mol. The number of nitrogens with zero attached hydrogens (tertiary/aromatic N) is 3. The second-order valence-electron chi connectivity index (χ2n) is 11.6. The van der Waals surface area contributed by atoms with Crippen LogP contribution < -0.4 is 10.9 Å². The molecule has 0 saturated carbocycles. The van der Waals surface area contributed by atoms with Crippen molar-refractivity contribution in [2.75, 3.05) is 13.1 Å². The van der Waals surface area contributed by atoms with Crippen molar-refractivity contribution in [2.24, 2.45) is 5.92 Å². The highest BCUT2D eigenvalue weighted by atomic mass is 16.6. The van der Waals surface area contributed by atoms with Crippen LogP contribution in [0, 0.1) is 12.8 Å². The number of H-pyrrole nitrogens is 1. The SMILES string of the molecule is CCC(NCc1ccc2c(c1)nc(-c1c[nH]c(=O)c(C)c1)n2C[C@@H]1CCCN(C(C)=O)C1)C(=O)OC(C)(C)C. The van der Waals surface area contributed by atoms with Crippen molar-refractivity contribution in [3.05, 3.63) is 51.9 Å². The van der Waals surface area contributed by atoms with E-state index in [1.807, 2.05) is 44.7 Å². The number of aromatic amines is 1. The van der Waals surface area contributed by atoms with Gasteiger partial charge in [0.2, 0.25) is 5.91 Å². The van der Waals surface area contributed by atoms with Gasteiger partial charge in [0.15, 0.2) is 0 Å². The minimum atomic E-state index is -0.534. The number of pyridine rings is 1. The zero-order chi connectivity index (χ0) is 28.3. The number of imidazole rings is 1. The van der Waals surface area contributed by atoms with Crippen LogP contribution in [0.1, 0.15) is 65.0 Å². The molecule has 2 aromatic heterocycles. The summed E-state index contributed by atoms with van der Waals surface area (Å²) in [5, 5.41) is 3.33. The van der Waals surface area contributed by atoms with Crippen molar-refractivity contribution in [3.8, 4) is 11.4 Å². The molecule has 0 spiro atoms. The van der Waals surface area contributed by atoms with Crippen LogP contribution in [0.4, 0.5) is 0 Å². The molecule has 0 radical (unpaired) electrons. The Labute approximate surface area is 229 Å². The summed E-state index contributed by atoms with van der Waals surface area (Å²) in [6.45, 7) is 13.8. The van der Waals surface area contributed by atoms with Gasteiger partial charge in [0.1, 0.15) is 17.5 Å². The lowest BCUT2D eigenvalue weighted by molar-refractivity contribution is -0.157. The maximum atomic E-state index is 12.6. The van der Waals surface area contributed by atoms with Gasteiger partial charge < -0.3 is 24.5 Å². The minimum Gasteiger partial charge on any atom is -0.459 e. The smallest absolute Gasteiger partial charge is 0.323 e. The van der Waals surface area contributed by atoms with Gasteiger partial charge in [-0.1, -0.05) is 13.0 Å². The van der Waals surface area contributed by atoms with E-state index in [0.29, 0.717) is 24.4 Å². The Hall–Kier alpha value is -3.46. The number of aryl methyl sites for hydroxylation is 1. The number of ether oxygens (including phenoxy) is 1. The van der Waals surface area contributed by atoms with Crippen LogP contribution in [-0.2, 0) is 27.4 Å². The Morgan fingerprint density at radius 3 is 2.69 bits per heavy atom. The number of nitrogens with one attached hydrogen (secondary N) is 2. The third-order valence-corrected chi connectivity index (χ3v) is 7.22. The van der Waals surface area contributed by atoms with E-state index in [1.54, 1.807) is 20.0 Å². The molecule has 1 amide bonds. The van der Waals surface area contributed by atoms with Crippen LogP contribution in [0.25, 0.3) is 22.4 Å². The zero-order valence-corrected chi connectivity index (χ0v) is 24.0. The van der Waals surface area contributed by atoms with Gasteiger partial charge in [-0.3, -0.25) is 14.4 Å². The highest BCUT2D eigenvalue weighted by molar-refractivity contribution is 5.81. The van der Waals surface area contributed by atoms with Crippen LogP contribution in [-0.4, -0.2) is 56.0 Å². The molecule has 1 unspecified atom stereocenters. The van der Waals surface area contributed by atoms with Crippen LogP contribution in [0.3, 0.4) is 0 Å². The lowest BCUT2D eigenvalue weighted by atomic mass is 9.97. The van der Waals surface area contributed by atoms with Crippen LogP contribution in [0.2, 0.25) is 0 Å². The summed E-state index contributed by atoms with van der Waals surface area (Å²) in [6.07, 6.45) is 4.36. The molecule has 0 bridgehead atoms. The lowest BCUT2D eigenvalue weighted by Crippen LogP contribution is -2.40. The van der Waals surface area contributed by atoms with Crippen LogP contribution in [0.5, 0.6) is 0 Å². The number of esters is 1. The van der Waals surface area contributed by atoms with Gasteiger partial charge in [0.05, 0.1) is 11.0 Å². The van der Waals surface area contributed by atoms with Crippen LogP contribution >= 0.6 is 0 Å². The molecular weight excluding hydrogens is 494 g/mol. The highest BCUT2D eigenvalue weighted by Gasteiger charge is 2.25. The predicted molar refractivity (Wildman–Crippen MR) is 152 cm³/mol. The van der Waals surface area contributed by atoms with Crippen LogP contribution in [0.15, 0.2) is 35.3 Å². The van der Waals surface area contributed by atoms with Gasteiger partial charge >= 0.3 is 5.97 Å². The zero-order valence-electron chi connectivity index (χ0n) is 24.0. The molecule has 1 saturated heterocycles. The molecule has 39 heavy (non-hydrogen) atoms. The summed E-state index contributed by atoms with van der Waals surface area (Å²) in [5.41, 5.74) is 3.68. The van der Waals surface area contributed by atoms with Crippen molar-refractivity contribution in [1.29, 1.82) is 0 Å². The molecule has 1 aliphatic heterocycles. The molecule has 210 valence electrons. The fraction of sp³-hybridized carbons (Fsp3) is 0.533. The van der Waals surface area contributed by atoms with Crippen molar-refractivity contribution in [3.63, 3.8) is 0 Å². The first kappa shape index (κ1) is 28.5. The molecule has 9 heteroatoms. The molecule has 2 N–H and O–H groups in total. The molecule has 0 aliphatic carbocycles. The Kier molecular flexibility index (Phi) is 8.59. The van der Waals surface area contributed by atoms with Crippen molar-refractivity contribution in [2.45, 2.75) is 85.5 Å². The quantitative estimate of drug-likeness (QED) is 0.419. The number of aromatic nitrogens is 3. The van der Waals surface area contributed by atoms with Gasteiger partial charge in [0, 0.05) is 50.4 Å². The van der Waals surface area contributed by atoms with E-state index in [9.17, 15) is 14.4 Å². The summed E-state index contributed by atoms with van der Waals surface area (Å²) >= 11 is 0. The summed E-state index contributed by atoms with van der Waals surface area (Å²) in [7, 11) is 0. The normalized spacial score (nSPS) is 16.9. The summed E-state index contributed by atoms with van der Waals surface area (Å²) in [6, 6.07) is 7.65. The molecule has 9 nitrogen and oxygen atoms in total. The van der Waals surface area contributed by atoms with E-state index in [2.05, 4.69) is 27.0 Å². The third kappa shape index (κ3) is 6.95.